The average Bonchev–Trinajstić information content (AvgIpc) is 2.29. The van der Waals surface area contributed by atoms with Crippen LogP contribution in [0.15, 0.2) is 41.0 Å². The first-order chi connectivity index (χ1) is 7.74. The second-order valence-corrected chi connectivity index (χ2v) is 3.34. The highest BCUT2D eigenvalue weighted by molar-refractivity contribution is 5.97. The highest BCUT2D eigenvalue weighted by Gasteiger charge is 2.02. The number of carbonyl (C=O) groups excluding carboxylic acids is 1. The second-order valence-electron chi connectivity index (χ2n) is 3.34. The van der Waals surface area contributed by atoms with Crippen LogP contribution in [0.4, 0.5) is 0 Å². The number of ketones is 1. The van der Waals surface area contributed by atoms with Crippen LogP contribution in [-0.4, -0.2) is 12.3 Å². The van der Waals surface area contributed by atoms with E-state index < -0.39 is 0 Å². The van der Waals surface area contributed by atoms with Gasteiger partial charge in [-0.15, -0.1) is 0 Å². The molecule has 0 saturated heterocycles. The van der Waals surface area contributed by atoms with E-state index in [1.807, 2.05) is 36.4 Å². The molecule has 0 heterocycles. The molecule has 1 rings (SSSR count). The molecule has 0 aliphatic rings. The topological polar surface area (TPSA) is 65.8 Å². The van der Waals surface area contributed by atoms with Gasteiger partial charge in [0.1, 0.15) is 0 Å². The average molecular weight is 215 g/mol. The van der Waals surface area contributed by atoms with Crippen LogP contribution in [0.2, 0.25) is 0 Å². The van der Waals surface area contributed by atoms with E-state index in [0.29, 0.717) is 18.5 Å². The number of Topliss-reactive ketones (excluding diaryl/α,β-unsaturated/α-hetero) is 1. The molecule has 0 bridgehead atoms. The van der Waals surface area contributed by atoms with Crippen LogP contribution in [-0.2, 0) is 4.79 Å². The van der Waals surface area contributed by atoms with Crippen molar-refractivity contribution in [2.75, 3.05) is 6.54 Å². The molecule has 16 heavy (non-hydrogen) atoms. The lowest BCUT2D eigenvalue weighted by atomic mass is 10.1. The fourth-order valence-electron chi connectivity index (χ4n) is 1.32. The number of benzene rings is 1. The van der Waals surface area contributed by atoms with Crippen LogP contribution in [0.25, 0.3) is 16.5 Å². The highest BCUT2D eigenvalue weighted by Crippen LogP contribution is 2.11. The summed E-state index contributed by atoms with van der Waals surface area (Å²) in [6, 6.07) is 9.60. The SMILES string of the molecule is CC(=O)/C(=C/c1ccccc1)CCN=[N+]=[N-]. The molecule has 0 spiro atoms. The lowest BCUT2D eigenvalue weighted by Crippen LogP contribution is -1.98. The maximum absolute atomic E-state index is 11.3. The van der Waals surface area contributed by atoms with Gasteiger partial charge in [-0.05, 0) is 36.1 Å². The predicted octanol–water partition coefficient (Wildman–Crippen LogP) is 3.36. The molecule has 0 aliphatic heterocycles. The molecule has 0 aromatic heterocycles. The van der Waals surface area contributed by atoms with Gasteiger partial charge >= 0.3 is 0 Å². The van der Waals surface area contributed by atoms with Gasteiger partial charge in [-0.2, -0.15) is 0 Å². The third-order valence-corrected chi connectivity index (χ3v) is 2.14. The van der Waals surface area contributed by atoms with E-state index >= 15 is 0 Å². The maximum atomic E-state index is 11.3. The minimum atomic E-state index is 0.0111. The van der Waals surface area contributed by atoms with E-state index in [1.165, 1.54) is 6.92 Å². The molecule has 4 nitrogen and oxygen atoms in total. The Kier molecular flexibility index (Phi) is 4.83. The van der Waals surface area contributed by atoms with Gasteiger partial charge in [-0.1, -0.05) is 35.4 Å². The van der Waals surface area contributed by atoms with Gasteiger partial charge in [0.05, 0.1) is 0 Å². The van der Waals surface area contributed by atoms with Gasteiger partial charge in [0.2, 0.25) is 0 Å². The van der Waals surface area contributed by atoms with E-state index in [1.54, 1.807) is 0 Å². The lowest BCUT2D eigenvalue weighted by molar-refractivity contribution is -0.113. The first-order valence-corrected chi connectivity index (χ1v) is 5.01. The van der Waals surface area contributed by atoms with Gasteiger partial charge in [-0.3, -0.25) is 4.79 Å². The van der Waals surface area contributed by atoms with Crippen LogP contribution in [0.5, 0.6) is 0 Å². The monoisotopic (exact) mass is 215 g/mol. The van der Waals surface area contributed by atoms with E-state index in [4.69, 9.17) is 5.53 Å². The van der Waals surface area contributed by atoms with Crippen molar-refractivity contribution in [3.63, 3.8) is 0 Å². The summed E-state index contributed by atoms with van der Waals surface area (Å²) < 4.78 is 0. The van der Waals surface area contributed by atoms with Gasteiger partial charge in [0.15, 0.2) is 5.78 Å². The zero-order chi connectivity index (χ0) is 11.8. The van der Waals surface area contributed by atoms with Gasteiger partial charge in [0.25, 0.3) is 0 Å². The van der Waals surface area contributed by atoms with Gasteiger partial charge < -0.3 is 0 Å². The highest BCUT2D eigenvalue weighted by atomic mass is 16.1. The zero-order valence-corrected chi connectivity index (χ0v) is 9.13. The smallest absolute Gasteiger partial charge is 0.155 e. The van der Waals surface area contributed by atoms with Crippen molar-refractivity contribution in [2.45, 2.75) is 13.3 Å². The number of carbonyl (C=O) groups is 1. The summed E-state index contributed by atoms with van der Waals surface area (Å²) in [6.45, 7) is 1.83. The summed E-state index contributed by atoms with van der Waals surface area (Å²) in [5, 5.41) is 3.42. The second kappa shape index (κ2) is 6.43. The number of nitrogens with zero attached hydrogens (tertiary/aromatic N) is 3. The lowest BCUT2D eigenvalue weighted by Gasteiger charge is -2.01. The Morgan fingerprint density at radius 3 is 2.69 bits per heavy atom. The molecule has 1 aromatic carbocycles. The summed E-state index contributed by atoms with van der Waals surface area (Å²) in [5.74, 6) is 0.0111. The molecule has 82 valence electrons. The Hall–Kier alpha value is -2.06. The molecule has 0 amide bonds. The fraction of sp³-hybridized carbons (Fsp3) is 0.250. The maximum Gasteiger partial charge on any atom is 0.155 e. The Bertz CT molecular complexity index is 431. The quantitative estimate of drug-likeness (QED) is 0.321. The van der Waals surface area contributed by atoms with Crippen LogP contribution < -0.4 is 0 Å². The van der Waals surface area contributed by atoms with Crippen LogP contribution in [0.3, 0.4) is 0 Å². The number of hydrogen-bond donors (Lipinski definition) is 0. The van der Waals surface area contributed by atoms with E-state index in [-0.39, 0.29) is 5.78 Å². The van der Waals surface area contributed by atoms with E-state index in [0.717, 1.165) is 5.56 Å². The van der Waals surface area contributed by atoms with Crippen LogP contribution >= 0.6 is 0 Å². The van der Waals surface area contributed by atoms with Crippen molar-refractivity contribution in [3.8, 4) is 0 Å². The molecule has 0 saturated carbocycles. The number of azide groups is 1. The zero-order valence-electron chi connectivity index (χ0n) is 9.13. The minimum absolute atomic E-state index is 0.0111. The summed E-state index contributed by atoms with van der Waals surface area (Å²) in [5.41, 5.74) is 9.82. The summed E-state index contributed by atoms with van der Waals surface area (Å²) in [7, 11) is 0. The molecule has 0 radical (unpaired) electrons. The van der Waals surface area contributed by atoms with Crippen molar-refractivity contribution in [1.29, 1.82) is 0 Å². The number of hydrogen-bond acceptors (Lipinski definition) is 2. The Morgan fingerprint density at radius 2 is 2.12 bits per heavy atom. The molecule has 0 N–H and O–H groups in total. The van der Waals surface area contributed by atoms with E-state index in [9.17, 15) is 4.79 Å². The number of rotatable bonds is 5. The third-order valence-electron chi connectivity index (χ3n) is 2.14. The largest absolute Gasteiger partial charge is 0.295 e. The first kappa shape index (κ1) is 12.0. The van der Waals surface area contributed by atoms with Crippen LogP contribution in [0.1, 0.15) is 18.9 Å². The fourth-order valence-corrected chi connectivity index (χ4v) is 1.32. The molecule has 1 aromatic rings. The van der Waals surface area contributed by atoms with Crippen LogP contribution in [0, 0.1) is 0 Å². The third kappa shape index (κ3) is 3.98. The molecule has 0 aliphatic carbocycles. The van der Waals surface area contributed by atoms with Crippen molar-refractivity contribution in [3.05, 3.63) is 51.9 Å². The summed E-state index contributed by atoms with van der Waals surface area (Å²) in [4.78, 5) is 14.0. The molecular weight excluding hydrogens is 202 g/mol. The predicted molar refractivity (Wildman–Crippen MR) is 63.7 cm³/mol. The van der Waals surface area contributed by atoms with Gasteiger partial charge in [0, 0.05) is 11.5 Å². The molecule has 0 atom stereocenters. The molecular formula is C12H13N3O. The first-order valence-electron chi connectivity index (χ1n) is 5.01. The normalized spacial score (nSPS) is 10.7. The van der Waals surface area contributed by atoms with Crippen molar-refractivity contribution >= 4 is 11.9 Å². The van der Waals surface area contributed by atoms with Crippen molar-refractivity contribution in [1.82, 2.24) is 0 Å². The van der Waals surface area contributed by atoms with E-state index in [2.05, 4.69) is 10.0 Å². The van der Waals surface area contributed by atoms with Crippen molar-refractivity contribution < 1.29 is 4.79 Å². The molecule has 0 fully saturated rings. The summed E-state index contributed by atoms with van der Waals surface area (Å²) in [6.07, 6.45) is 2.31. The van der Waals surface area contributed by atoms with Crippen molar-refractivity contribution in [2.24, 2.45) is 5.11 Å². The summed E-state index contributed by atoms with van der Waals surface area (Å²) >= 11 is 0. The Balaban J connectivity index is 2.81. The molecule has 4 heteroatoms. The minimum Gasteiger partial charge on any atom is -0.295 e. The van der Waals surface area contributed by atoms with Gasteiger partial charge in [-0.25, -0.2) is 0 Å². The Morgan fingerprint density at radius 1 is 1.44 bits per heavy atom. The standard InChI is InChI=1S/C12H13N3O/c1-10(16)12(7-8-14-15-13)9-11-5-3-2-4-6-11/h2-6,9H,7-8H2,1H3/b12-9+. The molecule has 0 unspecified atom stereocenters. The Labute approximate surface area is 94.2 Å².